The number of phenolic OH excluding ortho intramolecular Hbond substituents is 3. The Morgan fingerprint density at radius 1 is 0.314 bits per heavy atom. The Balaban J connectivity index is 1.47. The third kappa shape index (κ3) is 5.68. The highest BCUT2D eigenvalue weighted by atomic mass is 32.1. The van der Waals surface area contributed by atoms with E-state index >= 15 is 0 Å². The van der Waals surface area contributed by atoms with Gasteiger partial charge in [0.1, 0.15) is 17.2 Å². The average Bonchev–Trinajstić information content (AvgIpc) is 3.99. The molecular weight excluding hydrogens is 669 g/mol. The van der Waals surface area contributed by atoms with Crippen molar-refractivity contribution in [3.05, 3.63) is 150 Å². The van der Waals surface area contributed by atoms with Gasteiger partial charge in [0.05, 0.1) is 22.8 Å². The number of phenols is 3. The summed E-state index contributed by atoms with van der Waals surface area (Å²) in [6.45, 7) is 0. The van der Waals surface area contributed by atoms with Gasteiger partial charge in [0.25, 0.3) is 0 Å². The molecule has 0 saturated carbocycles. The van der Waals surface area contributed by atoms with Crippen molar-refractivity contribution in [1.82, 2.24) is 9.97 Å². The normalized spacial score (nSPS) is 12.0. The van der Waals surface area contributed by atoms with Crippen LogP contribution in [-0.2, 0) is 0 Å². The maximum Gasteiger partial charge on any atom is 0.115 e. The van der Waals surface area contributed by atoms with Crippen LogP contribution in [0, 0.1) is 0 Å². The first kappa shape index (κ1) is 30.8. The Hall–Kier alpha value is -6.28. The second-order valence-corrected chi connectivity index (χ2v) is 14.4. The minimum absolute atomic E-state index is 0.194. The standard InChI is InChI=1S/C44H28N2O3S2/c47-30-12-6-27(7-13-30)42-34-19-18-33(45-34)41(26-4-2-1-3-5-26)37-22-23-38(50-37)43(28-8-14-31(48)15-9-28)35-20-21-36(46-35)44(40-25-24-39(42)51-40)29-10-16-32(49)17-11-29/h1-25,47-49H. The predicted molar refractivity (Wildman–Crippen MR) is 213 cm³/mol. The van der Waals surface area contributed by atoms with Gasteiger partial charge >= 0.3 is 0 Å². The lowest BCUT2D eigenvalue weighted by Crippen LogP contribution is -1.86. The Labute approximate surface area is 301 Å². The number of aromatic nitrogens is 2. The van der Waals surface area contributed by atoms with E-state index in [0.717, 1.165) is 86.1 Å². The van der Waals surface area contributed by atoms with Crippen molar-refractivity contribution in [3.8, 4) is 61.8 Å². The SMILES string of the molecule is Oc1ccc(-c2c3nc(c(-c4ccc(O)cc4)c4ccc(s4)c(-c4ccc(O)cc4)c4nc(c(-c5ccccc5)c5ccc2s5)C=C4)C=C3)cc1. The Morgan fingerprint density at radius 2 is 0.588 bits per heavy atom. The Bertz CT molecular complexity index is 2650. The first-order valence-electron chi connectivity index (χ1n) is 16.4. The van der Waals surface area contributed by atoms with Crippen molar-refractivity contribution in [3.63, 3.8) is 0 Å². The highest BCUT2D eigenvalue weighted by Gasteiger charge is 2.19. The van der Waals surface area contributed by atoms with Gasteiger partial charge in [-0.2, -0.15) is 0 Å². The minimum Gasteiger partial charge on any atom is -0.508 e. The van der Waals surface area contributed by atoms with Crippen LogP contribution in [0.4, 0.5) is 0 Å². The van der Waals surface area contributed by atoms with E-state index in [9.17, 15) is 15.3 Å². The largest absolute Gasteiger partial charge is 0.508 e. The van der Waals surface area contributed by atoms with Crippen LogP contribution in [-0.4, -0.2) is 25.3 Å². The minimum atomic E-state index is 0.194. The lowest BCUT2D eigenvalue weighted by Gasteiger charge is -2.06. The fourth-order valence-corrected chi connectivity index (χ4v) is 8.97. The summed E-state index contributed by atoms with van der Waals surface area (Å²) in [4.78, 5) is 10.6. The lowest BCUT2D eigenvalue weighted by molar-refractivity contribution is 0.475. The number of aromatic hydroxyl groups is 3. The number of benzene rings is 4. The van der Waals surface area contributed by atoms with Crippen LogP contribution in [0.15, 0.2) is 127 Å². The Morgan fingerprint density at radius 3 is 0.882 bits per heavy atom. The zero-order valence-electron chi connectivity index (χ0n) is 27.0. The van der Waals surface area contributed by atoms with E-state index in [-0.39, 0.29) is 17.2 Å². The summed E-state index contributed by atoms with van der Waals surface area (Å²) >= 11 is 3.34. The van der Waals surface area contributed by atoms with Crippen molar-refractivity contribution in [2.75, 3.05) is 0 Å². The van der Waals surface area contributed by atoms with Gasteiger partial charge in [-0.05, 0) is 107 Å². The quantitative estimate of drug-likeness (QED) is 0.170. The predicted octanol–water partition coefficient (Wildman–Crippen LogP) is 11.9. The molecule has 0 unspecified atom stereocenters. The van der Waals surface area contributed by atoms with Crippen molar-refractivity contribution >= 4 is 65.8 Å². The van der Waals surface area contributed by atoms with E-state index in [1.165, 1.54) is 0 Å². The number of nitrogens with zero attached hydrogens (tertiary/aromatic N) is 2. The number of fused-ring (bicyclic) bond motifs is 8. The average molecular weight is 697 g/mol. The van der Waals surface area contributed by atoms with Crippen molar-refractivity contribution in [2.24, 2.45) is 0 Å². The molecule has 0 fully saturated rings. The number of hydrogen-bond acceptors (Lipinski definition) is 7. The zero-order chi connectivity index (χ0) is 34.5. The maximum absolute atomic E-state index is 10.2. The maximum atomic E-state index is 10.2. The summed E-state index contributed by atoms with van der Waals surface area (Å²) in [5, 5.41) is 30.5. The molecule has 7 heteroatoms. The molecule has 0 radical (unpaired) electrons. The highest BCUT2D eigenvalue weighted by molar-refractivity contribution is 7.24. The molecule has 3 N–H and O–H groups in total. The number of rotatable bonds is 4. The van der Waals surface area contributed by atoms with E-state index < -0.39 is 0 Å². The summed E-state index contributed by atoms with van der Waals surface area (Å²) in [7, 11) is 0. The van der Waals surface area contributed by atoms with Crippen LogP contribution in [0.5, 0.6) is 17.2 Å². The highest BCUT2D eigenvalue weighted by Crippen LogP contribution is 2.43. The molecule has 0 spiro atoms. The first-order valence-corrected chi connectivity index (χ1v) is 18.0. The Kier molecular flexibility index (Phi) is 7.57. The molecule has 3 aromatic heterocycles. The molecule has 9 rings (SSSR count). The van der Waals surface area contributed by atoms with Gasteiger partial charge in [-0.1, -0.05) is 66.7 Å². The third-order valence-corrected chi connectivity index (χ3v) is 11.3. The molecule has 7 aromatic rings. The van der Waals surface area contributed by atoms with E-state index in [4.69, 9.17) is 9.97 Å². The number of thiophene rings is 2. The van der Waals surface area contributed by atoms with Gasteiger partial charge in [0.2, 0.25) is 0 Å². The van der Waals surface area contributed by atoms with Gasteiger partial charge in [-0.15, -0.1) is 22.7 Å². The second-order valence-electron chi connectivity index (χ2n) is 12.3. The van der Waals surface area contributed by atoms with E-state index in [1.54, 1.807) is 59.1 Å². The topological polar surface area (TPSA) is 86.5 Å². The van der Waals surface area contributed by atoms with Crippen molar-refractivity contribution in [1.29, 1.82) is 0 Å². The zero-order valence-corrected chi connectivity index (χ0v) is 28.6. The van der Waals surface area contributed by atoms with Gasteiger partial charge < -0.3 is 15.3 Å². The van der Waals surface area contributed by atoms with Crippen LogP contribution in [0.2, 0.25) is 0 Å². The molecule has 4 aromatic carbocycles. The van der Waals surface area contributed by atoms with Gasteiger partial charge in [-0.25, -0.2) is 9.97 Å². The molecule has 2 aliphatic heterocycles. The summed E-state index contributed by atoms with van der Waals surface area (Å²) in [6, 6.07) is 40.7. The van der Waals surface area contributed by atoms with Crippen LogP contribution in [0.3, 0.4) is 0 Å². The fraction of sp³-hybridized carbons (Fsp3) is 0. The van der Waals surface area contributed by atoms with Crippen LogP contribution in [0.1, 0.15) is 22.8 Å². The first-order chi connectivity index (χ1) is 25.0. The molecule has 5 nitrogen and oxygen atoms in total. The number of hydrogen-bond donors (Lipinski definition) is 3. The third-order valence-electron chi connectivity index (χ3n) is 9.03. The lowest BCUT2D eigenvalue weighted by atomic mass is 10.0. The van der Waals surface area contributed by atoms with Crippen LogP contribution in [0.25, 0.3) is 87.6 Å². The van der Waals surface area contributed by atoms with Gasteiger partial charge in [0.15, 0.2) is 0 Å². The smallest absolute Gasteiger partial charge is 0.115 e. The molecule has 5 heterocycles. The van der Waals surface area contributed by atoms with E-state index in [2.05, 4.69) is 60.7 Å². The molecule has 244 valence electrons. The molecule has 8 bridgehead atoms. The molecule has 0 amide bonds. The van der Waals surface area contributed by atoms with Crippen molar-refractivity contribution in [2.45, 2.75) is 0 Å². The van der Waals surface area contributed by atoms with Crippen LogP contribution < -0.4 is 0 Å². The second kappa shape index (κ2) is 12.6. The molecule has 0 saturated heterocycles. The summed E-state index contributed by atoms with van der Waals surface area (Å²) in [5.74, 6) is 0.598. The van der Waals surface area contributed by atoms with E-state index in [1.807, 2.05) is 54.6 Å². The molecule has 51 heavy (non-hydrogen) atoms. The van der Waals surface area contributed by atoms with Gasteiger partial charge in [-0.3, -0.25) is 0 Å². The van der Waals surface area contributed by atoms with Crippen molar-refractivity contribution < 1.29 is 15.3 Å². The fourth-order valence-electron chi connectivity index (χ4n) is 6.65. The summed E-state index contributed by atoms with van der Waals surface area (Å²) < 4.78 is 4.13. The van der Waals surface area contributed by atoms with Gasteiger partial charge in [0, 0.05) is 41.1 Å². The molecular formula is C44H28N2O3S2. The molecule has 0 atom stereocenters. The molecule has 0 aliphatic carbocycles. The summed E-state index contributed by atoms with van der Waals surface area (Å²) in [6.07, 6.45) is 8.29. The monoisotopic (exact) mass is 696 g/mol. The van der Waals surface area contributed by atoms with E-state index in [0.29, 0.717) is 0 Å². The molecule has 2 aliphatic rings. The van der Waals surface area contributed by atoms with Crippen LogP contribution >= 0.6 is 22.7 Å². The summed E-state index contributed by atoms with van der Waals surface area (Å²) in [5.41, 5.74) is 11.1.